The first-order valence-electron chi connectivity index (χ1n) is 21.0. The van der Waals surface area contributed by atoms with Crippen LogP contribution in [0.5, 0.6) is 0 Å². The highest BCUT2D eigenvalue weighted by atomic mass is 15.0. The van der Waals surface area contributed by atoms with E-state index in [1.54, 1.807) is 0 Å². The quantitative estimate of drug-likeness (QED) is 0.174. The van der Waals surface area contributed by atoms with Crippen LogP contribution in [0, 0.1) is 0 Å². The summed E-state index contributed by atoms with van der Waals surface area (Å²) >= 11 is 0. The Morgan fingerprint density at radius 2 is 0.806 bits per heavy atom. The number of rotatable bonds is 5. The molecule has 288 valence electrons. The van der Waals surface area contributed by atoms with Gasteiger partial charge in [-0.1, -0.05) is 164 Å². The molecular formula is C57H35N5. The van der Waals surface area contributed by atoms with Gasteiger partial charge in [0, 0.05) is 49.3 Å². The number of benzene rings is 10. The normalized spacial score (nSPS) is 11.9. The van der Waals surface area contributed by atoms with Crippen molar-refractivity contribution in [2.24, 2.45) is 0 Å². The lowest BCUT2D eigenvalue weighted by atomic mass is 10.0. The first kappa shape index (κ1) is 34.5. The SMILES string of the molecule is c1ccc(-c2nc(-c3ccccc3)nc(-c3ccc(-n4c5ccccc5c5c6c7c8ccccc8ccc7n(-c7ccc8ccccc8c7)c6ccc54)c4ccccc34)n2)cc1. The zero-order valence-electron chi connectivity index (χ0n) is 33.4. The predicted molar refractivity (Wildman–Crippen MR) is 257 cm³/mol. The van der Waals surface area contributed by atoms with Crippen LogP contribution in [0.25, 0.3) is 121 Å². The van der Waals surface area contributed by atoms with E-state index in [0.29, 0.717) is 17.5 Å². The first-order valence-corrected chi connectivity index (χ1v) is 21.0. The lowest BCUT2D eigenvalue weighted by Crippen LogP contribution is -2.01. The molecular weight excluding hydrogens is 755 g/mol. The monoisotopic (exact) mass is 789 g/mol. The van der Waals surface area contributed by atoms with Crippen LogP contribution in [0.2, 0.25) is 0 Å². The van der Waals surface area contributed by atoms with E-state index in [-0.39, 0.29) is 0 Å². The Bertz CT molecular complexity index is 3860. The summed E-state index contributed by atoms with van der Waals surface area (Å²) < 4.78 is 4.92. The summed E-state index contributed by atoms with van der Waals surface area (Å²) in [6, 6.07) is 75.7. The molecule has 3 heterocycles. The third kappa shape index (κ3) is 5.18. The van der Waals surface area contributed by atoms with Gasteiger partial charge in [0.2, 0.25) is 0 Å². The molecule has 0 N–H and O–H groups in total. The summed E-state index contributed by atoms with van der Waals surface area (Å²) in [4.78, 5) is 15.3. The molecule has 0 saturated heterocycles. The van der Waals surface area contributed by atoms with Crippen LogP contribution < -0.4 is 0 Å². The Kier molecular flexibility index (Phi) is 7.54. The van der Waals surface area contributed by atoms with E-state index in [4.69, 9.17) is 15.0 Å². The second kappa shape index (κ2) is 13.6. The maximum atomic E-state index is 5.14. The number of hydrogen-bond acceptors (Lipinski definition) is 3. The van der Waals surface area contributed by atoms with Crippen molar-refractivity contribution in [1.82, 2.24) is 24.1 Å². The van der Waals surface area contributed by atoms with Gasteiger partial charge in [0.15, 0.2) is 17.5 Å². The molecule has 13 aromatic rings. The molecule has 0 aliphatic rings. The maximum Gasteiger partial charge on any atom is 0.164 e. The van der Waals surface area contributed by atoms with Crippen molar-refractivity contribution in [3.8, 4) is 45.5 Å². The molecule has 0 atom stereocenters. The zero-order valence-corrected chi connectivity index (χ0v) is 33.4. The number of nitrogens with zero attached hydrogens (tertiary/aromatic N) is 5. The topological polar surface area (TPSA) is 48.5 Å². The van der Waals surface area contributed by atoms with Gasteiger partial charge in [-0.2, -0.15) is 0 Å². The molecule has 0 saturated carbocycles. The average Bonchev–Trinajstić information content (AvgIpc) is 3.87. The minimum atomic E-state index is 0.637. The van der Waals surface area contributed by atoms with Gasteiger partial charge in [0.1, 0.15) is 0 Å². The van der Waals surface area contributed by atoms with E-state index in [0.717, 1.165) is 49.9 Å². The number of aromatic nitrogens is 5. The Morgan fingerprint density at radius 3 is 1.55 bits per heavy atom. The number of para-hydroxylation sites is 1. The van der Waals surface area contributed by atoms with Crippen molar-refractivity contribution in [3.63, 3.8) is 0 Å². The van der Waals surface area contributed by atoms with Gasteiger partial charge in [0.05, 0.1) is 27.8 Å². The minimum Gasteiger partial charge on any atom is -0.309 e. The van der Waals surface area contributed by atoms with Gasteiger partial charge in [-0.15, -0.1) is 0 Å². The van der Waals surface area contributed by atoms with Crippen molar-refractivity contribution < 1.29 is 0 Å². The van der Waals surface area contributed by atoms with Gasteiger partial charge in [-0.3, -0.25) is 0 Å². The fraction of sp³-hybridized carbons (Fsp3) is 0. The molecule has 0 radical (unpaired) electrons. The smallest absolute Gasteiger partial charge is 0.164 e. The van der Waals surface area contributed by atoms with Gasteiger partial charge in [-0.05, 0) is 75.5 Å². The standard InChI is InChI=1S/C57H35N5/c1-3-17-38(18-4-1)55-58-56(39-19-5-2-6-20-39)60-57(59-55)45-30-32-48(44-24-12-11-23-43(44)45)62-47-26-14-13-25-46(47)53-50(62)33-34-51-54(53)52-42-22-10-9-16-37(42)28-31-49(52)61(51)41-29-27-36-15-7-8-21-40(36)35-41/h1-35H. The molecule has 0 fully saturated rings. The van der Waals surface area contributed by atoms with E-state index in [2.05, 4.69) is 185 Å². The summed E-state index contributed by atoms with van der Waals surface area (Å²) in [6.07, 6.45) is 0. The molecule has 13 rings (SSSR count). The van der Waals surface area contributed by atoms with E-state index in [9.17, 15) is 0 Å². The third-order valence-corrected chi connectivity index (χ3v) is 12.5. The lowest BCUT2D eigenvalue weighted by Gasteiger charge is -2.15. The highest BCUT2D eigenvalue weighted by Crippen LogP contribution is 2.46. The van der Waals surface area contributed by atoms with Crippen molar-refractivity contribution in [1.29, 1.82) is 0 Å². The molecule has 5 heteroatoms. The number of fused-ring (bicyclic) bond motifs is 11. The largest absolute Gasteiger partial charge is 0.309 e. The predicted octanol–water partition coefficient (Wildman–Crippen LogP) is 14.5. The molecule has 10 aromatic carbocycles. The Morgan fingerprint density at radius 1 is 0.290 bits per heavy atom. The van der Waals surface area contributed by atoms with Crippen molar-refractivity contribution >= 4 is 75.9 Å². The molecule has 0 amide bonds. The highest BCUT2D eigenvalue weighted by Gasteiger charge is 2.23. The highest BCUT2D eigenvalue weighted by molar-refractivity contribution is 6.33. The third-order valence-electron chi connectivity index (χ3n) is 12.5. The van der Waals surface area contributed by atoms with Crippen LogP contribution in [0.4, 0.5) is 0 Å². The van der Waals surface area contributed by atoms with Crippen LogP contribution in [-0.2, 0) is 0 Å². The van der Waals surface area contributed by atoms with Crippen molar-refractivity contribution in [3.05, 3.63) is 212 Å². The van der Waals surface area contributed by atoms with Crippen LogP contribution >= 0.6 is 0 Å². The Labute approximate surface area is 356 Å². The second-order valence-electron chi connectivity index (χ2n) is 16.0. The summed E-state index contributed by atoms with van der Waals surface area (Å²) in [5.41, 5.74) is 9.76. The Balaban J connectivity index is 1.10. The average molecular weight is 790 g/mol. The Hall–Kier alpha value is -8.41. The van der Waals surface area contributed by atoms with Crippen LogP contribution in [0.3, 0.4) is 0 Å². The van der Waals surface area contributed by atoms with E-state index < -0.39 is 0 Å². The molecule has 3 aromatic heterocycles. The molecule has 62 heavy (non-hydrogen) atoms. The number of hydrogen-bond donors (Lipinski definition) is 0. The summed E-state index contributed by atoms with van der Waals surface area (Å²) in [7, 11) is 0. The van der Waals surface area contributed by atoms with Gasteiger partial charge in [0.25, 0.3) is 0 Å². The molecule has 0 aliphatic heterocycles. The zero-order chi connectivity index (χ0) is 40.7. The van der Waals surface area contributed by atoms with E-state index in [1.165, 1.54) is 54.1 Å². The molecule has 0 spiro atoms. The van der Waals surface area contributed by atoms with Crippen molar-refractivity contribution in [2.45, 2.75) is 0 Å². The van der Waals surface area contributed by atoms with Crippen LogP contribution in [-0.4, -0.2) is 24.1 Å². The summed E-state index contributed by atoms with van der Waals surface area (Å²) in [5, 5.41) is 12.1. The van der Waals surface area contributed by atoms with Crippen molar-refractivity contribution in [2.75, 3.05) is 0 Å². The molecule has 0 bridgehead atoms. The van der Waals surface area contributed by atoms with E-state index in [1.807, 2.05) is 36.4 Å². The molecule has 0 unspecified atom stereocenters. The van der Waals surface area contributed by atoms with Gasteiger partial charge < -0.3 is 9.13 Å². The fourth-order valence-corrected chi connectivity index (χ4v) is 9.78. The van der Waals surface area contributed by atoms with Gasteiger partial charge >= 0.3 is 0 Å². The minimum absolute atomic E-state index is 0.637. The van der Waals surface area contributed by atoms with Crippen LogP contribution in [0.15, 0.2) is 212 Å². The van der Waals surface area contributed by atoms with Gasteiger partial charge in [-0.25, -0.2) is 15.0 Å². The van der Waals surface area contributed by atoms with E-state index >= 15 is 0 Å². The second-order valence-corrected chi connectivity index (χ2v) is 16.0. The molecule has 0 aliphatic carbocycles. The first-order chi connectivity index (χ1) is 30.8. The molecule has 5 nitrogen and oxygen atoms in total. The lowest BCUT2D eigenvalue weighted by molar-refractivity contribution is 1.08. The van der Waals surface area contributed by atoms with Crippen LogP contribution in [0.1, 0.15) is 0 Å². The summed E-state index contributed by atoms with van der Waals surface area (Å²) in [6.45, 7) is 0. The fourth-order valence-electron chi connectivity index (χ4n) is 9.78. The maximum absolute atomic E-state index is 5.14. The summed E-state index contributed by atoms with van der Waals surface area (Å²) in [5.74, 6) is 1.92.